The fourth-order valence-corrected chi connectivity index (χ4v) is 2.31. The summed E-state index contributed by atoms with van der Waals surface area (Å²) >= 11 is 0. The number of nitro benzene ring substituents is 1. The van der Waals surface area contributed by atoms with Gasteiger partial charge in [-0.15, -0.1) is 0 Å². The highest BCUT2D eigenvalue weighted by atomic mass is 16.6. The van der Waals surface area contributed by atoms with Crippen LogP contribution in [0.2, 0.25) is 0 Å². The molecule has 1 atom stereocenters. The van der Waals surface area contributed by atoms with Gasteiger partial charge in [-0.25, -0.2) is 0 Å². The van der Waals surface area contributed by atoms with E-state index in [1.165, 1.54) is 24.3 Å². The van der Waals surface area contributed by atoms with Crippen molar-refractivity contribution in [1.82, 2.24) is 10.2 Å². The summed E-state index contributed by atoms with van der Waals surface area (Å²) < 4.78 is 0. The monoisotopic (exact) mass is 263 g/mol. The second-order valence-corrected chi connectivity index (χ2v) is 4.68. The van der Waals surface area contributed by atoms with Gasteiger partial charge < -0.3 is 10.2 Å². The van der Waals surface area contributed by atoms with Crippen molar-refractivity contribution in [2.24, 2.45) is 0 Å². The predicted octanol–water partition coefficient (Wildman–Crippen LogP) is 1.42. The highest BCUT2D eigenvalue weighted by molar-refractivity contribution is 5.94. The number of non-ortho nitro benzene ring substituents is 1. The summed E-state index contributed by atoms with van der Waals surface area (Å²) in [5.74, 6) is -0.0603. The molecular weight excluding hydrogens is 246 g/mol. The van der Waals surface area contributed by atoms with E-state index >= 15 is 0 Å². The van der Waals surface area contributed by atoms with E-state index in [0.717, 1.165) is 19.4 Å². The molecule has 1 aromatic rings. The lowest BCUT2D eigenvalue weighted by Crippen LogP contribution is -2.46. The molecule has 0 aromatic heterocycles. The van der Waals surface area contributed by atoms with Gasteiger partial charge >= 0.3 is 0 Å². The molecule has 0 spiro atoms. The number of rotatable bonds is 3. The second kappa shape index (κ2) is 5.79. The van der Waals surface area contributed by atoms with Gasteiger partial charge in [-0.2, -0.15) is 0 Å². The van der Waals surface area contributed by atoms with Gasteiger partial charge in [0.25, 0.3) is 11.6 Å². The molecule has 0 saturated carbocycles. The lowest BCUT2D eigenvalue weighted by Gasteiger charge is -2.32. The first kappa shape index (κ1) is 13.5. The number of nitrogens with zero attached hydrogens (tertiary/aromatic N) is 2. The van der Waals surface area contributed by atoms with Crippen LogP contribution in [0.25, 0.3) is 0 Å². The molecule has 6 nitrogen and oxygen atoms in total. The van der Waals surface area contributed by atoms with Gasteiger partial charge in [-0.05, 0) is 32.0 Å². The first-order valence-corrected chi connectivity index (χ1v) is 6.33. The number of piperidine rings is 1. The summed E-state index contributed by atoms with van der Waals surface area (Å²) in [7, 11) is 1.89. The van der Waals surface area contributed by atoms with E-state index in [1.807, 2.05) is 7.05 Å². The molecule has 1 amide bonds. The quantitative estimate of drug-likeness (QED) is 0.661. The molecule has 0 bridgehead atoms. The van der Waals surface area contributed by atoms with Crippen molar-refractivity contribution in [2.45, 2.75) is 18.9 Å². The van der Waals surface area contributed by atoms with E-state index in [2.05, 4.69) is 5.32 Å². The zero-order valence-corrected chi connectivity index (χ0v) is 10.8. The minimum Gasteiger partial charge on any atom is -0.337 e. The van der Waals surface area contributed by atoms with E-state index in [0.29, 0.717) is 18.2 Å². The average Bonchev–Trinajstić information content (AvgIpc) is 2.46. The molecule has 1 heterocycles. The average molecular weight is 263 g/mol. The van der Waals surface area contributed by atoms with Crippen molar-refractivity contribution >= 4 is 11.6 Å². The Morgan fingerprint density at radius 1 is 1.42 bits per heavy atom. The Hall–Kier alpha value is -1.95. The summed E-state index contributed by atoms with van der Waals surface area (Å²) in [6, 6.07) is 6.10. The fraction of sp³-hybridized carbons (Fsp3) is 0.462. The Kier molecular flexibility index (Phi) is 4.11. The van der Waals surface area contributed by atoms with E-state index in [-0.39, 0.29) is 11.6 Å². The fourth-order valence-electron chi connectivity index (χ4n) is 2.31. The molecule has 102 valence electrons. The number of amides is 1. The number of nitrogens with one attached hydrogen (secondary N) is 1. The molecule has 1 N–H and O–H groups in total. The molecule has 1 aliphatic rings. The van der Waals surface area contributed by atoms with Crippen molar-refractivity contribution in [1.29, 1.82) is 0 Å². The van der Waals surface area contributed by atoms with Crippen molar-refractivity contribution < 1.29 is 9.72 Å². The number of likely N-dealkylation sites (N-methyl/N-ethyl adjacent to an activating group) is 1. The Morgan fingerprint density at radius 3 is 2.68 bits per heavy atom. The zero-order chi connectivity index (χ0) is 13.8. The van der Waals surface area contributed by atoms with Crippen LogP contribution in [0.4, 0.5) is 5.69 Å². The molecule has 1 unspecified atom stereocenters. The minimum absolute atomic E-state index is 0.00305. The van der Waals surface area contributed by atoms with E-state index < -0.39 is 4.92 Å². The topological polar surface area (TPSA) is 75.5 Å². The summed E-state index contributed by atoms with van der Waals surface area (Å²) in [6.45, 7) is 1.43. The molecule has 1 saturated heterocycles. The Balaban J connectivity index is 2.08. The lowest BCUT2D eigenvalue weighted by molar-refractivity contribution is -0.384. The molecule has 1 aliphatic heterocycles. The Labute approximate surface area is 111 Å². The first-order valence-electron chi connectivity index (χ1n) is 6.33. The van der Waals surface area contributed by atoms with Gasteiger partial charge in [0.1, 0.15) is 0 Å². The standard InChI is InChI=1S/C13H17N3O3/c1-14-11-3-2-8-15(9-11)13(17)10-4-6-12(7-5-10)16(18)19/h4-7,11,14H,2-3,8-9H2,1H3. The first-order chi connectivity index (χ1) is 9.11. The largest absolute Gasteiger partial charge is 0.337 e. The van der Waals surface area contributed by atoms with Crippen LogP contribution in [-0.4, -0.2) is 41.9 Å². The second-order valence-electron chi connectivity index (χ2n) is 4.68. The van der Waals surface area contributed by atoms with Gasteiger partial charge in [0.05, 0.1) is 4.92 Å². The van der Waals surface area contributed by atoms with E-state index in [1.54, 1.807) is 4.90 Å². The SMILES string of the molecule is CNC1CCCN(C(=O)c2ccc([N+](=O)[O-])cc2)C1. The van der Waals surface area contributed by atoms with Gasteiger partial charge in [0.15, 0.2) is 0 Å². The third-order valence-electron chi connectivity index (χ3n) is 3.44. The molecular formula is C13H17N3O3. The highest BCUT2D eigenvalue weighted by Crippen LogP contribution is 2.16. The molecule has 6 heteroatoms. The smallest absolute Gasteiger partial charge is 0.269 e. The van der Waals surface area contributed by atoms with Crippen LogP contribution in [0.1, 0.15) is 23.2 Å². The number of hydrogen-bond donors (Lipinski definition) is 1. The van der Waals surface area contributed by atoms with Gasteiger partial charge in [0.2, 0.25) is 0 Å². The maximum atomic E-state index is 12.3. The predicted molar refractivity (Wildman–Crippen MR) is 71.1 cm³/mol. The van der Waals surface area contributed by atoms with Gasteiger partial charge in [-0.3, -0.25) is 14.9 Å². The molecule has 2 rings (SSSR count). The minimum atomic E-state index is -0.466. The third kappa shape index (κ3) is 3.08. The summed E-state index contributed by atoms with van der Waals surface area (Å²) in [4.78, 5) is 24.2. The third-order valence-corrected chi connectivity index (χ3v) is 3.44. The maximum Gasteiger partial charge on any atom is 0.269 e. The van der Waals surface area contributed by atoms with Crippen LogP contribution in [0.5, 0.6) is 0 Å². The maximum absolute atomic E-state index is 12.3. The normalized spacial score (nSPS) is 19.2. The zero-order valence-electron chi connectivity index (χ0n) is 10.8. The summed E-state index contributed by atoms with van der Waals surface area (Å²) in [5.41, 5.74) is 0.505. The van der Waals surface area contributed by atoms with Crippen LogP contribution in [0.3, 0.4) is 0 Å². The van der Waals surface area contributed by atoms with Gasteiger partial charge in [-0.1, -0.05) is 0 Å². The number of nitro groups is 1. The van der Waals surface area contributed by atoms with E-state index in [9.17, 15) is 14.9 Å². The Bertz CT molecular complexity index is 473. The van der Waals surface area contributed by atoms with Crippen molar-refractivity contribution in [3.63, 3.8) is 0 Å². The van der Waals surface area contributed by atoms with Crippen molar-refractivity contribution in [3.05, 3.63) is 39.9 Å². The molecule has 19 heavy (non-hydrogen) atoms. The van der Waals surface area contributed by atoms with Crippen LogP contribution in [0, 0.1) is 10.1 Å². The molecule has 1 aromatic carbocycles. The van der Waals surface area contributed by atoms with Crippen molar-refractivity contribution in [2.75, 3.05) is 20.1 Å². The molecule has 0 aliphatic carbocycles. The summed E-state index contributed by atoms with van der Waals surface area (Å²) in [6.07, 6.45) is 2.05. The number of benzene rings is 1. The number of carbonyl (C=O) groups excluding carboxylic acids is 1. The number of hydrogen-bond acceptors (Lipinski definition) is 4. The van der Waals surface area contributed by atoms with Gasteiger partial charge in [0, 0.05) is 36.8 Å². The lowest BCUT2D eigenvalue weighted by atomic mass is 10.0. The Morgan fingerprint density at radius 2 is 2.11 bits per heavy atom. The highest BCUT2D eigenvalue weighted by Gasteiger charge is 2.23. The van der Waals surface area contributed by atoms with Crippen molar-refractivity contribution in [3.8, 4) is 0 Å². The molecule has 0 radical (unpaired) electrons. The van der Waals surface area contributed by atoms with Crippen LogP contribution < -0.4 is 5.32 Å². The van der Waals surface area contributed by atoms with Crippen LogP contribution in [-0.2, 0) is 0 Å². The number of likely N-dealkylation sites (tertiary alicyclic amines) is 1. The van der Waals surface area contributed by atoms with E-state index in [4.69, 9.17) is 0 Å². The summed E-state index contributed by atoms with van der Waals surface area (Å²) in [5, 5.41) is 13.7. The van der Waals surface area contributed by atoms with Crippen LogP contribution >= 0.6 is 0 Å². The molecule has 1 fully saturated rings. The number of carbonyl (C=O) groups is 1. The van der Waals surface area contributed by atoms with Crippen LogP contribution in [0.15, 0.2) is 24.3 Å².